The van der Waals surface area contributed by atoms with Crippen molar-refractivity contribution < 1.29 is 5.11 Å². The van der Waals surface area contributed by atoms with Gasteiger partial charge in [-0.3, -0.25) is 0 Å². The van der Waals surface area contributed by atoms with Gasteiger partial charge in [0, 0.05) is 10.8 Å². The number of aliphatic hydroxyl groups is 1. The van der Waals surface area contributed by atoms with Crippen LogP contribution in [-0.2, 0) is 17.3 Å². The van der Waals surface area contributed by atoms with Crippen molar-refractivity contribution in [2.45, 2.75) is 55.8 Å². The van der Waals surface area contributed by atoms with E-state index in [1.54, 1.807) is 0 Å². The van der Waals surface area contributed by atoms with Crippen molar-refractivity contribution in [1.82, 2.24) is 0 Å². The van der Waals surface area contributed by atoms with Gasteiger partial charge in [0.2, 0.25) is 0 Å². The third-order valence-corrected chi connectivity index (χ3v) is 5.92. The van der Waals surface area contributed by atoms with E-state index in [9.17, 15) is 5.11 Å². The molecule has 1 heteroatoms. The van der Waals surface area contributed by atoms with Crippen LogP contribution in [0.3, 0.4) is 0 Å². The van der Waals surface area contributed by atoms with Crippen molar-refractivity contribution in [3.63, 3.8) is 0 Å². The summed E-state index contributed by atoms with van der Waals surface area (Å²) in [5.41, 5.74) is 4.21. The van der Waals surface area contributed by atoms with Crippen molar-refractivity contribution in [2.24, 2.45) is 0 Å². The van der Waals surface area contributed by atoms with Crippen LogP contribution in [0.5, 0.6) is 0 Å². The van der Waals surface area contributed by atoms with Gasteiger partial charge in [0.25, 0.3) is 0 Å². The minimum Gasteiger partial charge on any atom is -0.516 e. The highest BCUT2D eigenvalue weighted by Crippen LogP contribution is 2.54. The zero-order valence-electron chi connectivity index (χ0n) is 15.9. The summed E-state index contributed by atoms with van der Waals surface area (Å²) in [7, 11) is 0. The van der Waals surface area contributed by atoms with E-state index in [0.717, 1.165) is 51.2 Å². The third-order valence-electron chi connectivity index (χ3n) is 5.92. The van der Waals surface area contributed by atoms with E-state index in [1.807, 2.05) is 30.4 Å². The molecule has 0 aliphatic heterocycles. The average molecular weight is 349 g/mol. The summed E-state index contributed by atoms with van der Waals surface area (Å²) in [4.78, 5) is 0. The molecule has 0 aromatic heterocycles. The summed E-state index contributed by atoms with van der Waals surface area (Å²) < 4.78 is 0. The molecule has 0 spiro atoms. The number of benzene rings is 1. The van der Waals surface area contributed by atoms with Gasteiger partial charge in [-0.15, -0.1) is 26.3 Å². The fourth-order valence-electron chi connectivity index (χ4n) is 4.86. The van der Waals surface area contributed by atoms with E-state index < -0.39 is 0 Å². The fraction of sp³-hybridized carbons (Fsp3) is 0.360. The van der Waals surface area contributed by atoms with Crippen LogP contribution in [-0.4, -0.2) is 5.11 Å². The van der Waals surface area contributed by atoms with Crippen LogP contribution < -0.4 is 0 Å². The summed E-state index contributed by atoms with van der Waals surface area (Å²) in [5.74, 6) is 0. The van der Waals surface area contributed by atoms with Crippen molar-refractivity contribution in [2.75, 3.05) is 0 Å². The van der Waals surface area contributed by atoms with E-state index in [0.29, 0.717) is 0 Å². The van der Waals surface area contributed by atoms with E-state index in [-0.39, 0.29) is 10.8 Å². The monoisotopic (exact) mass is 348 g/mol. The predicted octanol–water partition coefficient (Wildman–Crippen LogP) is 6.87. The lowest BCUT2D eigenvalue weighted by Crippen LogP contribution is -2.41. The molecule has 0 atom stereocenters. The maximum atomic E-state index is 9.20. The molecule has 1 nitrogen and oxygen atoms in total. The summed E-state index contributed by atoms with van der Waals surface area (Å²) in [5, 5.41) is 9.20. The van der Waals surface area contributed by atoms with E-state index in [4.69, 9.17) is 0 Å². The van der Waals surface area contributed by atoms with Crippen LogP contribution >= 0.6 is 0 Å². The predicted molar refractivity (Wildman–Crippen MR) is 114 cm³/mol. The molecule has 0 saturated carbocycles. The Bertz CT molecular complexity index is 672. The minimum atomic E-state index is 0.0323. The number of allylic oxidation sites excluding steroid dienone is 5. The van der Waals surface area contributed by atoms with Crippen LogP contribution in [0.25, 0.3) is 0 Å². The first-order valence-electron chi connectivity index (χ1n) is 9.48. The third kappa shape index (κ3) is 3.62. The van der Waals surface area contributed by atoms with Crippen molar-refractivity contribution in [3.8, 4) is 0 Å². The van der Waals surface area contributed by atoms with E-state index in [2.05, 4.69) is 44.5 Å². The number of rotatable bonds is 10. The van der Waals surface area contributed by atoms with Crippen molar-refractivity contribution in [3.05, 3.63) is 97.8 Å². The molecule has 0 unspecified atom stereocenters. The van der Waals surface area contributed by atoms with Gasteiger partial charge in [-0.1, -0.05) is 42.5 Å². The van der Waals surface area contributed by atoms with Crippen LogP contribution in [0.4, 0.5) is 0 Å². The lowest BCUT2D eigenvalue weighted by Gasteiger charge is -2.48. The molecule has 138 valence electrons. The summed E-state index contributed by atoms with van der Waals surface area (Å²) in [6.45, 7) is 16.1. The summed E-state index contributed by atoms with van der Waals surface area (Å²) in [6, 6.07) is 6.63. The standard InChI is InChI=1S/C25H32O/c1-5-14-24(15-6-2)18-19-25(16-7-3,17-8-4)23-21(12-10-20-26)11-9-13-22(23)24/h5-11,13,20,26H,1-4,12,14-19H2. The number of aliphatic hydroxyl groups excluding tert-OH is 1. The molecule has 1 aromatic carbocycles. The summed E-state index contributed by atoms with van der Waals surface area (Å²) in [6.07, 6.45) is 17.8. The molecule has 0 bridgehead atoms. The van der Waals surface area contributed by atoms with Crippen molar-refractivity contribution >= 4 is 0 Å². The maximum Gasteiger partial charge on any atom is 0.0755 e. The normalized spacial score (nSPS) is 17.4. The molecular weight excluding hydrogens is 316 g/mol. The topological polar surface area (TPSA) is 20.2 Å². The van der Waals surface area contributed by atoms with E-state index in [1.165, 1.54) is 16.7 Å². The van der Waals surface area contributed by atoms with Gasteiger partial charge in [0.05, 0.1) is 6.26 Å². The molecular formula is C25H32O. The summed E-state index contributed by atoms with van der Waals surface area (Å²) >= 11 is 0. The molecule has 0 heterocycles. The molecule has 1 aliphatic rings. The highest BCUT2D eigenvalue weighted by atomic mass is 16.2. The highest BCUT2D eigenvalue weighted by Gasteiger charge is 2.45. The second kappa shape index (κ2) is 8.89. The Morgan fingerprint density at radius 1 is 0.846 bits per heavy atom. The Kier molecular flexibility index (Phi) is 6.85. The van der Waals surface area contributed by atoms with Gasteiger partial charge in [0.1, 0.15) is 0 Å². The maximum absolute atomic E-state index is 9.20. The smallest absolute Gasteiger partial charge is 0.0755 e. The van der Waals surface area contributed by atoms with Crippen LogP contribution in [0.2, 0.25) is 0 Å². The molecule has 1 aromatic rings. The Morgan fingerprint density at radius 2 is 1.38 bits per heavy atom. The molecule has 0 saturated heterocycles. The Morgan fingerprint density at radius 3 is 1.92 bits per heavy atom. The Balaban J connectivity index is 2.77. The van der Waals surface area contributed by atoms with Gasteiger partial charge in [0.15, 0.2) is 0 Å². The first-order valence-corrected chi connectivity index (χ1v) is 9.48. The van der Waals surface area contributed by atoms with Gasteiger partial charge in [-0.2, -0.15) is 0 Å². The van der Waals surface area contributed by atoms with Crippen LogP contribution in [0, 0.1) is 0 Å². The highest BCUT2D eigenvalue weighted by molar-refractivity contribution is 5.50. The number of hydrogen-bond donors (Lipinski definition) is 1. The molecule has 26 heavy (non-hydrogen) atoms. The molecule has 1 aliphatic carbocycles. The van der Waals surface area contributed by atoms with Gasteiger partial charge < -0.3 is 5.11 Å². The fourth-order valence-corrected chi connectivity index (χ4v) is 4.86. The minimum absolute atomic E-state index is 0.0323. The quantitative estimate of drug-likeness (QED) is 0.361. The van der Waals surface area contributed by atoms with Crippen molar-refractivity contribution in [1.29, 1.82) is 0 Å². The average Bonchev–Trinajstić information content (AvgIpc) is 2.64. The van der Waals surface area contributed by atoms with Crippen LogP contribution in [0.15, 0.2) is 81.2 Å². The first kappa shape index (κ1) is 20.0. The molecule has 0 fully saturated rings. The number of hydrogen-bond acceptors (Lipinski definition) is 1. The largest absolute Gasteiger partial charge is 0.516 e. The zero-order valence-corrected chi connectivity index (χ0v) is 15.9. The zero-order chi connectivity index (χ0) is 19.0. The first-order chi connectivity index (χ1) is 12.6. The molecule has 0 amide bonds. The van der Waals surface area contributed by atoms with Gasteiger partial charge in [-0.05, 0) is 67.7 Å². The Hall–Kier alpha value is -2.28. The molecule has 2 rings (SSSR count). The second-order valence-electron chi connectivity index (χ2n) is 7.46. The van der Waals surface area contributed by atoms with Crippen LogP contribution in [0.1, 0.15) is 55.2 Å². The SMILES string of the molecule is C=CCC1(CC=C)CCC(CC=C)(CC=C)c2c(CC=CO)cccc21. The van der Waals surface area contributed by atoms with Gasteiger partial charge in [-0.25, -0.2) is 0 Å². The van der Waals surface area contributed by atoms with E-state index >= 15 is 0 Å². The lowest BCUT2D eigenvalue weighted by atomic mass is 9.55. The molecule has 1 N–H and O–H groups in total. The van der Waals surface area contributed by atoms with Gasteiger partial charge >= 0.3 is 0 Å². The number of fused-ring (bicyclic) bond motifs is 1. The lowest BCUT2D eigenvalue weighted by molar-refractivity contribution is 0.266. The Labute approximate surface area is 159 Å². The second-order valence-corrected chi connectivity index (χ2v) is 7.46. The molecule has 0 radical (unpaired) electrons.